The van der Waals surface area contributed by atoms with Crippen LogP contribution < -0.4 is 0 Å². The molecular formula is C23H24O2S2. The normalized spacial score (nSPS) is 10.6. The number of benzene rings is 2. The van der Waals surface area contributed by atoms with Crippen LogP contribution in [0.3, 0.4) is 0 Å². The highest BCUT2D eigenvalue weighted by Gasteiger charge is 2.25. The first-order valence-electron chi connectivity index (χ1n) is 8.83. The summed E-state index contributed by atoms with van der Waals surface area (Å²) in [6, 6.07) is 15.9. The lowest BCUT2D eigenvalue weighted by Gasteiger charge is -2.12. The SMILES string of the molecule is C=Cc1ccc(CSC(=O)C(CC)C(=O)SCc2ccc(C=C)cc2)cc1. The molecule has 2 aromatic rings. The van der Waals surface area contributed by atoms with Gasteiger partial charge in [-0.25, -0.2) is 0 Å². The summed E-state index contributed by atoms with van der Waals surface area (Å²) in [5, 5.41) is -0.102. The van der Waals surface area contributed by atoms with Crippen molar-refractivity contribution in [3.05, 3.63) is 83.9 Å². The molecule has 0 fully saturated rings. The van der Waals surface area contributed by atoms with E-state index in [0.717, 1.165) is 22.3 Å². The predicted molar refractivity (Wildman–Crippen MR) is 119 cm³/mol. The molecule has 0 aromatic heterocycles. The fourth-order valence-electron chi connectivity index (χ4n) is 2.44. The van der Waals surface area contributed by atoms with Gasteiger partial charge in [-0.05, 0) is 28.7 Å². The third-order valence-corrected chi connectivity index (χ3v) is 6.26. The lowest BCUT2D eigenvalue weighted by Crippen LogP contribution is -2.19. The zero-order valence-corrected chi connectivity index (χ0v) is 17.2. The average Bonchev–Trinajstić information content (AvgIpc) is 2.72. The zero-order valence-electron chi connectivity index (χ0n) is 15.5. The Bertz CT molecular complexity index is 725. The first kappa shape index (κ1) is 21.3. The minimum atomic E-state index is -0.556. The second-order valence-electron chi connectivity index (χ2n) is 6.07. The Morgan fingerprint density at radius 1 is 0.815 bits per heavy atom. The molecule has 0 N–H and O–H groups in total. The Kier molecular flexibility index (Phi) is 8.62. The second-order valence-corrected chi connectivity index (χ2v) is 8.03. The maximum absolute atomic E-state index is 12.5. The van der Waals surface area contributed by atoms with Crippen LogP contribution in [0.4, 0.5) is 0 Å². The summed E-state index contributed by atoms with van der Waals surface area (Å²) >= 11 is 2.44. The second kappa shape index (κ2) is 11.0. The van der Waals surface area contributed by atoms with Crippen molar-refractivity contribution in [3.8, 4) is 0 Å². The van der Waals surface area contributed by atoms with E-state index in [0.29, 0.717) is 17.9 Å². The number of hydrogen-bond donors (Lipinski definition) is 0. The molecule has 0 amide bonds. The molecule has 2 nitrogen and oxygen atoms in total. The van der Waals surface area contributed by atoms with Gasteiger partial charge in [-0.2, -0.15) is 0 Å². The van der Waals surface area contributed by atoms with E-state index in [1.807, 2.05) is 55.5 Å². The maximum Gasteiger partial charge on any atom is 0.200 e. The van der Waals surface area contributed by atoms with Gasteiger partial charge in [0.25, 0.3) is 0 Å². The van der Waals surface area contributed by atoms with Gasteiger partial charge in [-0.3, -0.25) is 9.59 Å². The molecule has 2 rings (SSSR count). The predicted octanol–water partition coefficient (Wildman–Crippen LogP) is 6.22. The van der Waals surface area contributed by atoms with E-state index >= 15 is 0 Å². The monoisotopic (exact) mass is 396 g/mol. The Labute approximate surface area is 170 Å². The highest BCUT2D eigenvalue weighted by molar-refractivity contribution is 8.15. The fraction of sp³-hybridized carbons (Fsp3) is 0.217. The number of rotatable bonds is 9. The molecule has 0 aliphatic carbocycles. The van der Waals surface area contributed by atoms with Crippen LogP contribution in [-0.2, 0) is 21.1 Å². The molecule has 0 heterocycles. The van der Waals surface area contributed by atoms with Crippen LogP contribution in [0, 0.1) is 5.92 Å². The molecule has 27 heavy (non-hydrogen) atoms. The maximum atomic E-state index is 12.5. The molecule has 0 atom stereocenters. The Hall–Kier alpha value is -2.04. The van der Waals surface area contributed by atoms with Gasteiger partial charge >= 0.3 is 0 Å². The molecule has 2 aromatic carbocycles. The third kappa shape index (κ3) is 6.56. The van der Waals surface area contributed by atoms with E-state index in [1.54, 1.807) is 12.2 Å². The lowest BCUT2D eigenvalue weighted by molar-refractivity contribution is -0.123. The van der Waals surface area contributed by atoms with E-state index in [2.05, 4.69) is 13.2 Å². The molecule has 0 bridgehead atoms. The topological polar surface area (TPSA) is 34.1 Å². The molecule has 0 unspecified atom stereocenters. The van der Waals surface area contributed by atoms with Crippen molar-refractivity contribution in [3.63, 3.8) is 0 Å². The fourth-order valence-corrected chi connectivity index (χ4v) is 4.47. The zero-order chi connectivity index (χ0) is 19.6. The van der Waals surface area contributed by atoms with Crippen LogP contribution in [-0.4, -0.2) is 10.2 Å². The van der Waals surface area contributed by atoms with Gasteiger partial charge in [-0.1, -0.05) is 104 Å². The number of hydrogen-bond acceptors (Lipinski definition) is 4. The molecule has 0 radical (unpaired) electrons. The smallest absolute Gasteiger partial charge is 0.200 e. The number of carbonyl (C=O) groups is 2. The summed E-state index contributed by atoms with van der Waals surface area (Å²) in [5.41, 5.74) is 4.23. The van der Waals surface area contributed by atoms with Gasteiger partial charge in [0.1, 0.15) is 0 Å². The molecule has 0 saturated carbocycles. The average molecular weight is 397 g/mol. The molecule has 4 heteroatoms. The van der Waals surface area contributed by atoms with E-state index in [1.165, 1.54) is 23.5 Å². The first-order valence-corrected chi connectivity index (χ1v) is 10.8. The minimum absolute atomic E-state index is 0.0511. The van der Waals surface area contributed by atoms with Crippen LogP contribution in [0.2, 0.25) is 0 Å². The Balaban J connectivity index is 1.86. The standard InChI is InChI=1S/C23H24O2S2/c1-4-17-7-11-19(12-8-17)15-26-22(24)21(6-3)23(25)27-16-20-13-9-18(5-2)10-14-20/h4-5,7-14,21H,1-2,6,15-16H2,3H3. The van der Waals surface area contributed by atoms with E-state index in [9.17, 15) is 9.59 Å². The molecule has 0 aliphatic heterocycles. The quantitative estimate of drug-likeness (QED) is 0.471. The minimum Gasteiger partial charge on any atom is -0.286 e. The molecule has 0 aliphatic rings. The van der Waals surface area contributed by atoms with Gasteiger partial charge < -0.3 is 0 Å². The third-order valence-electron chi connectivity index (χ3n) is 4.17. The molecular weight excluding hydrogens is 372 g/mol. The largest absolute Gasteiger partial charge is 0.286 e. The van der Waals surface area contributed by atoms with Crippen LogP contribution in [0.5, 0.6) is 0 Å². The van der Waals surface area contributed by atoms with Gasteiger partial charge in [0, 0.05) is 11.5 Å². The Morgan fingerprint density at radius 3 is 1.48 bits per heavy atom. The molecule has 0 spiro atoms. The number of thioether (sulfide) groups is 2. The van der Waals surface area contributed by atoms with Crippen LogP contribution in [0.15, 0.2) is 61.7 Å². The summed E-state index contributed by atoms with van der Waals surface area (Å²) < 4.78 is 0. The summed E-state index contributed by atoms with van der Waals surface area (Å²) in [6.07, 6.45) is 4.11. The molecule has 0 saturated heterocycles. The van der Waals surface area contributed by atoms with E-state index in [4.69, 9.17) is 0 Å². The number of carbonyl (C=O) groups excluding carboxylic acids is 2. The highest BCUT2D eigenvalue weighted by atomic mass is 32.2. The summed E-state index contributed by atoms with van der Waals surface area (Å²) in [6.45, 7) is 9.35. The van der Waals surface area contributed by atoms with Crippen molar-refractivity contribution >= 4 is 45.9 Å². The van der Waals surface area contributed by atoms with Gasteiger partial charge in [0.2, 0.25) is 10.2 Å². The van der Waals surface area contributed by atoms with Crippen molar-refractivity contribution in [1.82, 2.24) is 0 Å². The van der Waals surface area contributed by atoms with Crippen LogP contribution in [0.1, 0.15) is 35.6 Å². The van der Waals surface area contributed by atoms with E-state index in [-0.39, 0.29) is 10.2 Å². The first-order chi connectivity index (χ1) is 13.1. The highest BCUT2D eigenvalue weighted by Crippen LogP contribution is 2.26. The van der Waals surface area contributed by atoms with Crippen molar-refractivity contribution in [2.75, 3.05) is 0 Å². The molecule has 140 valence electrons. The van der Waals surface area contributed by atoms with Crippen molar-refractivity contribution in [1.29, 1.82) is 0 Å². The van der Waals surface area contributed by atoms with Crippen molar-refractivity contribution in [2.45, 2.75) is 24.9 Å². The Morgan fingerprint density at radius 2 is 1.19 bits per heavy atom. The lowest BCUT2D eigenvalue weighted by atomic mass is 10.1. The van der Waals surface area contributed by atoms with Gasteiger partial charge in [-0.15, -0.1) is 0 Å². The summed E-state index contributed by atoms with van der Waals surface area (Å²) in [4.78, 5) is 25.0. The van der Waals surface area contributed by atoms with Gasteiger partial charge in [0.05, 0.1) is 5.92 Å². The summed E-state index contributed by atoms with van der Waals surface area (Å²) in [5.74, 6) is 0.599. The van der Waals surface area contributed by atoms with Crippen molar-refractivity contribution in [2.24, 2.45) is 5.92 Å². The summed E-state index contributed by atoms with van der Waals surface area (Å²) in [7, 11) is 0. The van der Waals surface area contributed by atoms with E-state index < -0.39 is 5.92 Å². The van der Waals surface area contributed by atoms with Gasteiger partial charge in [0.15, 0.2) is 0 Å². The van der Waals surface area contributed by atoms with Crippen LogP contribution >= 0.6 is 23.5 Å². The van der Waals surface area contributed by atoms with Crippen LogP contribution in [0.25, 0.3) is 12.2 Å². The van der Waals surface area contributed by atoms with Crippen molar-refractivity contribution < 1.29 is 9.59 Å².